The number of aryl methyl sites for hydroxylation is 1. The van der Waals surface area contributed by atoms with Gasteiger partial charge in [0, 0.05) is 34.6 Å². The number of rotatable bonds is 7. The molecule has 2 amide bonds. The lowest BCUT2D eigenvalue weighted by Crippen LogP contribution is -2.46. The fourth-order valence-corrected chi connectivity index (χ4v) is 5.22. The molecule has 0 unspecified atom stereocenters. The topological polar surface area (TPSA) is 70.1 Å². The zero-order valence-electron chi connectivity index (χ0n) is 19.7. The number of nitrogens with zero attached hydrogens (tertiary/aromatic N) is 2. The first-order chi connectivity index (χ1) is 16.9. The van der Waals surface area contributed by atoms with Crippen LogP contribution in [0.1, 0.15) is 39.1 Å². The number of aliphatic hydroxyl groups is 1. The van der Waals surface area contributed by atoms with Gasteiger partial charge in [-0.15, -0.1) is 0 Å². The van der Waals surface area contributed by atoms with Crippen molar-refractivity contribution < 1.29 is 19.4 Å². The molecule has 0 aromatic heterocycles. The average Bonchev–Trinajstić information content (AvgIpc) is 2.86. The van der Waals surface area contributed by atoms with Crippen LogP contribution in [0.3, 0.4) is 0 Å². The number of ether oxygens (including phenoxy) is 1. The number of halogens is 1. The Morgan fingerprint density at radius 1 is 1.03 bits per heavy atom. The number of likely N-dealkylation sites (tertiary alicyclic amines) is 1. The Morgan fingerprint density at radius 3 is 2.31 bits per heavy atom. The van der Waals surface area contributed by atoms with Crippen LogP contribution >= 0.6 is 11.6 Å². The van der Waals surface area contributed by atoms with Gasteiger partial charge >= 0.3 is 0 Å². The molecule has 1 saturated heterocycles. The maximum absolute atomic E-state index is 13.2. The van der Waals surface area contributed by atoms with Gasteiger partial charge in [0.15, 0.2) is 0 Å². The summed E-state index contributed by atoms with van der Waals surface area (Å²) in [6, 6.07) is 16.7. The minimum atomic E-state index is -0.607. The van der Waals surface area contributed by atoms with Gasteiger partial charge in [0.2, 0.25) is 0 Å². The Kier molecular flexibility index (Phi) is 6.78. The monoisotopic (exact) mass is 492 g/mol. The van der Waals surface area contributed by atoms with Crippen LogP contribution in [0, 0.1) is 12.8 Å². The number of amides is 2. The molecule has 0 saturated carbocycles. The molecule has 3 aromatic rings. The molecule has 0 radical (unpaired) electrons. The first-order valence-electron chi connectivity index (χ1n) is 12.1. The largest absolute Gasteiger partial charge is 0.491 e. The fourth-order valence-electron chi connectivity index (χ4n) is 5.11. The Morgan fingerprint density at radius 2 is 1.69 bits per heavy atom. The van der Waals surface area contributed by atoms with E-state index in [1.807, 2.05) is 49.4 Å². The molecule has 35 heavy (non-hydrogen) atoms. The van der Waals surface area contributed by atoms with Crippen LogP contribution in [0.4, 0.5) is 0 Å². The minimum absolute atomic E-state index is 0.202. The molecule has 182 valence electrons. The molecule has 0 spiro atoms. The van der Waals surface area contributed by atoms with E-state index in [1.54, 1.807) is 12.1 Å². The zero-order valence-corrected chi connectivity index (χ0v) is 20.5. The highest BCUT2D eigenvalue weighted by Gasteiger charge is 2.34. The van der Waals surface area contributed by atoms with E-state index in [9.17, 15) is 14.7 Å². The van der Waals surface area contributed by atoms with Crippen molar-refractivity contribution in [2.45, 2.75) is 25.9 Å². The number of hydrogen-bond donors (Lipinski definition) is 1. The van der Waals surface area contributed by atoms with Gasteiger partial charge in [-0.05, 0) is 80.1 Å². The van der Waals surface area contributed by atoms with Crippen LogP contribution in [-0.2, 0) is 0 Å². The van der Waals surface area contributed by atoms with Crippen molar-refractivity contribution >= 4 is 34.2 Å². The summed E-state index contributed by atoms with van der Waals surface area (Å²) in [5.74, 6) is 0.533. The van der Waals surface area contributed by atoms with Crippen LogP contribution in [0.25, 0.3) is 10.8 Å². The molecule has 2 aliphatic heterocycles. The van der Waals surface area contributed by atoms with Crippen molar-refractivity contribution in [3.05, 3.63) is 76.3 Å². The number of carbonyl (C=O) groups is 2. The van der Waals surface area contributed by atoms with E-state index in [4.69, 9.17) is 16.3 Å². The number of aliphatic hydroxyl groups excluding tert-OH is 1. The third-order valence-corrected chi connectivity index (χ3v) is 7.47. The van der Waals surface area contributed by atoms with Crippen molar-refractivity contribution in [3.63, 3.8) is 0 Å². The average molecular weight is 493 g/mol. The normalized spacial score (nSPS) is 17.7. The van der Waals surface area contributed by atoms with E-state index < -0.39 is 6.10 Å². The molecule has 6 nitrogen and oxygen atoms in total. The molecule has 0 aliphatic carbocycles. The fraction of sp³-hybridized carbons (Fsp3) is 0.357. The number of benzene rings is 3. The summed E-state index contributed by atoms with van der Waals surface area (Å²) in [5, 5.41) is 12.8. The highest BCUT2D eigenvalue weighted by atomic mass is 35.5. The maximum Gasteiger partial charge on any atom is 0.261 e. The van der Waals surface area contributed by atoms with Crippen molar-refractivity contribution in [1.82, 2.24) is 9.80 Å². The lowest BCUT2D eigenvalue weighted by molar-refractivity contribution is 0.0453. The molecule has 1 atom stereocenters. The summed E-state index contributed by atoms with van der Waals surface area (Å²) in [6.45, 7) is 4.70. The Balaban J connectivity index is 1.14. The molecular formula is C28H29ClN2O4. The summed E-state index contributed by atoms with van der Waals surface area (Å²) in [5.41, 5.74) is 2.15. The number of imide groups is 1. The third kappa shape index (κ3) is 4.92. The second-order valence-electron chi connectivity index (χ2n) is 9.55. The Labute approximate surface area is 210 Å². The molecular weight excluding hydrogens is 464 g/mol. The summed E-state index contributed by atoms with van der Waals surface area (Å²) < 4.78 is 5.73. The predicted octanol–water partition coefficient (Wildman–Crippen LogP) is 4.55. The van der Waals surface area contributed by atoms with Gasteiger partial charge < -0.3 is 14.7 Å². The highest BCUT2D eigenvalue weighted by Crippen LogP contribution is 2.31. The predicted molar refractivity (Wildman–Crippen MR) is 136 cm³/mol. The van der Waals surface area contributed by atoms with E-state index in [0.717, 1.165) is 42.3 Å². The number of β-amino-alcohol motifs (C(OH)–C–C–N with tert-alkyl or cyclic N) is 1. The van der Waals surface area contributed by atoms with Crippen LogP contribution in [0.2, 0.25) is 5.02 Å². The standard InChI is InChI=1S/C28H29ClN2O4/c1-18-14-22(8-9-25(18)29)35-17-21(32)16-30-12-10-19(11-13-30)15-31-27(33)23-6-2-4-20-5-3-7-24(26(20)23)28(31)34/h2-9,14,19,21,32H,10-13,15-17H2,1H3/t21-/m0/s1. The van der Waals surface area contributed by atoms with Crippen molar-refractivity contribution in [3.8, 4) is 5.75 Å². The maximum atomic E-state index is 13.2. The number of carbonyl (C=O) groups excluding carboxylic acids is 2. The van der Waals surface area contributed by atoms with Gasteiger partial charge in [-0.1, -0.05) is 35.9 Å². The molecule has 0 bridgehead atoms. The quantitative estimate of drug-likeness (QED) is 0.490. The van der Waals surface area contributed by atoms with Crippen molar-refractivity contribution in [2.75, 3.05) is 32.8 Å². The molecule has 1 fully saturated rings. The van der Waals surface area contributed by atoms with Crippen LogP contribution in [0.5, 0.6) is 5.75 Å². The smallest absolute Gasteiger partial charge is 0.261 e. The summed E-state index contributed by atoms with van der Waals surface area (Å²) >= 11 is 6.05. The molecule has 7 heteroatoms. The molecule has 3 aromatic carbocycles. The van der Waals surface area contributed by atoms with Gasteiger partial charge in [-0.3, -0.25) is 14.5 Å². The first kappa shape index (κ1) is 23.8. The Hall–Kier alpha value is -2.93. The van der Waals surface area contributed by atoms with E-state index in [1.165, 1.54) is 4.90 Å². The summed E-state index contributed by atoms with van der Waals surface area (Å²) in [6.07, 6.45) is 1.13. The van der Waals surface area contributed by atoms with Crippen LogP contribution in [0.15, 0.2) is 54.6 Å². The lowest BCUT2D eigenvalue weighted by atomic mass is 9.91. The highest BCUT2D eigenvalue weighted by molar-refractivity contribution is 6.31. The molecule has 2 heterocycles. The Bertz CT molecular complexity index is 1220. The van der Waals surface area contributed by atoms with E-state index in [0.29, 0.717) is 35.0 Å². The molecule has 5 rings (SSSR count). The number of piperidine rings is 1. The SMILES string of the molecule is Cc1cc(OC[C@@H](O)CN2CCC(CN3C(=O)c4cccc5cccc(c45)C3=O)CC2)ccc1Cl. The van der Waals surface area contributed by atoms with Gasteiger partial charge in [0.1, 0.15) is 18.5 Å². The summed E-state index contributed by atoms with van der Waals surface area (Å²) in [7, 11) is 0. The summed E-state index contributed by atoms with van der Waals surface area (Å²) in [4.78, 5) is 30.0. The lowest BCUT2D eigenvalue weighted by Gasteiger charge is -2.36. The van der Waals surface area contributed by atoms with E-state index >= 15 is 0 Å². The zero-order chi connectivity index (χ0) is 24.5. The van der Waals surface area contributed by atoms with Crippen LogP contribution in [-0.4, -0.2) is 65.6 Å². The minimum Gasteiger partial charge on any atom is -0.491 e. The third-order valence-electron chi connectivity index (χ3n) is 7.04. The van der Waals surface area contributed by atoms with E-state index in [-0.39, 0.29) is 24.3 Å². The van der Waals surface area contributed by atoms with E-state index in [2.05, 4.69) is 4.90 Å². The molecule has 2 aliphatic rings. The van der Waals surface area contributed by atoms with Gasteiger partial charge in [0.05, 0.1) is 0 Å². The molecule has 1 N–H and O–H groups in total. The van der Waals surface area contributed by atoms with Gasteiger partial charge in [-0.2, -0.15) is 0 Å². The second kappa shape index (κ2) is 9.97. The first-order valence-corrected chi connectivity index (χ1v) is 12.5. The van der Waals surface area contributed by atoms with Gasteiger partial charge in [-0.25, -0.2) is 0 Å². The second-order valence-corrected chi connectivity index (χ2v) is 9.96. The van der Waals surface area contributed by atoms with Gasteiger partial charge in [0.25, 0.3) is 11.8 Å². The van der Waals surface area contributed by atoms with Crippen molar-refractivity contribution in [1.29, 1.82) is 0 Å². The van der Waals surface area contributed by atoms with Crippen LogP contribution < -0.4 is 4.74 Å². The number of hydrogen-bond acceptors (Lipinski definition) is 5. The van der Waals surface area contributed by atoms with Crippen molar-refractivity contribution in [2.24, 2.45) is 5.92 Å².